The molecule has 0 radical (unpaired) electrons. The predicted molar refractivity (Wildman–Crippen MR) is 82.3 cm³/mol. The van der Waals surface area contributed by atoms with E-state index in [1.807, 2.05) is 0 Å². The summed E-state index contributed by atoms with van der Waals surface area (Å²) in [5, 5.41) is 0. The van der Waals surface area contributed by atoms with E-state index in [2.05, 4.69) is 20.8 Å². The fourth-order valence-electron chi connectivity index (χ4n) is 4.07. The summed E-state index contributed by atoms with van der Waals surface area (Å²) in [7, 11) is 0. The molecule has 2 atom stereocenters. The molecule has 0 spiro atoms. The van der Waals surface area contributed by atoms with Crippen LogP contribution >= 0.6 is 0 Å². The number of hydrogen-bond donors (Lipinski definition) is 0. The Balaban J connectivity index is 1.68. The Hall–Kier alpha value is -0.0400. The Bertz CT molecular complexity index is 247. The lowest BCUT2D eigenvalue weighted by Gasteiger charge is -2.34. The summed E-state index contributed by atoms with van der Waals surface area (Å²) in [5.74, 6) is 1.78. The molecular formula is C18H34O. The number of ether oxygens (including phenoxy) is 1. The lowest BCUT2D eigenvalue weighted by Crippen LogP contribution is -2.27. The SMILES string of the molecule is CC(C)(C)C[C@H]1CCC[C@@H](OCC2CCCCC2)C1. The van der Waals surface area contributed by atoms with E-state index in [9.17, 15) is 0 Å². The number of rotatable bonds is 4. The second-order valence-corrected chi connectivity index (χ2v) is 8.26. The van der Waals surface area contributed by atoms with Crippen molar-refractivity contribution < 1.29 is 4.74 Å². The summed E-state index contributed by atoms with van der Waals surface area (Å²) < 4.78 is 6.27. The van der Waals surface area contributed by atoms with Crippen LogP contribution in [0.4, 0.5) is 0 Å². The van der Waals surface area contributed by atoms with Crippen LogP contribution < -0.4 is 0 Å². The molecular weight excluding hydrogens is 232 g/mol. The zero-order valence-electron chi connectivity index (χ0n) is 13.4. The van der Waals surface area contributed by atoms with Crippen LogP contribution in [0.25, 0.3) is 0 Å². The summed E-state index contributed by atoms with van der Waals surface area (Å²) in [6.07, 6.45) is 14.5. The molecule has 1 heteroatoms. The molecule has 0 amide bonds. The van der Waals surface area contributed by atoms with E-state index in [0.717, 1.165) is 18.4 Å². The molecule has 0 unspecified atom stereocenters. The van der Waals surface area contributed by atoms with Crippen LogP contribution in [0.2, 0.25) is 0 Å². The van der Waals surface area contributed by atoms with Crippen molar-refractivity contribution in [3.8, 4) is 0 Å². The zero-order chi connectivity index (χ0) is 13.7. The maximum Gasteiger partial charge on any atom is 0.0577 e. The molecule has 0 saturated heterocycles. The molecule has 2 fully saturated rings. The topological polar surface area (TPSA) is 9.23 Å². The fraction of sp³-hybridized carbons (Fsp3) is 1.00. The molecule has 112 valence electrons. The van der Waals surface area contributed by atoms with Crippen molar-refractivity contribution in [3.05, 3.63) is 0 Å². The summed E-state index contributed by atoms with van der Waals surface area (Å²) >= 11 is 0. The van der Waals surface area contributed by atoms with Gasteiger partial charge >= 0.3 is 0 Å². The molecule has 2 rings (SSSR count). The van der Waals surface area contributed by atoms with Gasteiger partial charge in [-0.3, -0.25) is 0 Å². The van der Waals surface area contributed by atoms with Crippen molar-refractivity contribution in [1.29, 1.82) is 0 Å². The lowest BCUT2D eigenvalue weighted by molar-refractivity contribution is -0.0154. The van der Waals surface area contributed by atoms with E-state index in [1.165, 1.54) is 64.2 Å². The van der Waals surface area contributed by atoms with Gasteiger partial charge in [-0.25, -0.2) is 0 Å². The minimum atomic E-state index is 0.482. The third-order valence-corrected chi connectivity index (χ3v) is 4.93. The van der Waals surface area contributed by atoms with Gasteiger partial charge in [-0.05, 0) is 49.4 Å². The summed E-state index contributed by atoms with van der Waals surface area (Å²) in [6, 6.07) is 0. The van der Waals surface area contributed by atoms with Crippen molar-refractivity contribution >= 4 is 0 Å². The van der Waals surface area contributed by atoms with Gasteiger partial charge in [0.05, 0.1) is 6.10 Å². The third-order valence-electron chi connectivity index (χ3n) is 4.93. The minimum absolute atomic E-state index is 0.482. The highest BCUT2D eigenvalue weighted by molar-refractivity contribution is 4.78. The molecule has 2 aliphatic rings. The average molecular weight is 266 g/mol. The second-order valence-electron chi connectivity index (χ2n) is 8.26. The van der Waals surface area contributed by atoms with Crippen molar-refractivity contribution in [2.75, 3.05) is 6.61 Å². The molecule has 2 saturated carbocycles. The summed E-state index contributed by atoms with van der Waals surface area (Å²) in [4.78, 5) is 0. The highest BCUT2D eigenvalue weighted by atomic mass is 16.5. The first-order valence-corrected chi connectivity index (χ1v) is 8.64. The van der Waals surface area contributed by atoms with Crippen LogP contribution in [0.15, 0.2) is 0 Å². The maximum absolute atomic E-state index is 6.27. The van der Waals surface area contributed by atoms with E-state index in [-0.39, 0.29) is 0 Å². The zero-order valence-corrected chi connectivity index (χ0v) is 13.4. The van der Waals surface area contributed by atoms with Crippen LogP contribution in [0, 0.1) is 17.3 Å². The quantitative estimate of drug-likeness (QED) is 0.645. The molecule has 0 aromatic rings. The molecule has 19 heavy (non-hydrogen) atoms. The Kier molecular flexibility index (Phi) is 5.74. The molecule has 0 heterocycles. The van der Waals surface area contributed by atoms with Crippen LogP contribution in [0.1, 0.15) is 85.0 Å². The van der Waals surface area contributed by atoms with Gasteiger partial charge in [0.25, 0.3) is 0 Å². The Morgan fingerprint density at radius 1 is 0.842 bits per heavy atom. The first-order chi connectivity index (χ1) is 9.03. The largest absolute Gasteiger partial charge is 0.378 e. The normalized spacial score (nSPS) is 30.5. The van der Waals surface area contributed by atoms with Crippen LogP contribution in [-0.2, 0) is 4.74 Å². The third kappa shape index (κ3) is 5.85. The maximum atomic E-state index is 6.27. The average Bonchev–Trinajstić information content (AvgIpc) is 2.36. The van der Waals surface area contributed by atoms with Gasteiger partial charge in [0.1, 0.15) is 0 Å². The van der Waals surface area contributed by atoms with E-state index in [0.29, 0.717) is 11.5 Å². The van der Waals surface area contributed by atoms with Crippen molar-refractivity contribution in [3.63, 3.8) is 0 Å². The predicted octanol–water partition coefficient (Wildman–Crippen LogP) is 5.58. The molecule has 0 aromatic carbocycles. The van der Waals surface area contributed by atoms with Crippen molar-refractivity contribution in [2.45, 2.75) is 91.1 Å². The smallest absolute Gasteiger partial charge is 0.0577 e. The summed E-state index contributed by atoms with van der Waals surface area (Å²) in [5.41, 5.74) is 0.482. The van der Waals surface area contributed by atoms with Gasteiger partial charge in [-0.15, -0.1) is 0 Å². The molecule has 1 nitrogen and oxygen atoms in total. The van der Waals surface area contributed by atoms with Crippen LogP contribution in [-0.4, -0.2) is 12.7 Å². The van der Waals surface area contributed by atoms with E-state index in [1.54, 1.807) is 0 Å². The Morgan fingerprint density at radius 2 is 1.53 bits per heavy atom. The first kappa shape index (κ1) is 15.4. The second kappa shape index (κ2) is 7.11. The highest BCUT2D eigenvalue weighted by Crippen LogP contribution is 2.35. The Morgan fingerprint density at radius 3 is 2.21 bits per heavy atom. The number of hydrogen-bond acceptors (Lipinski definition) is 1. The van der Waals surface area contributed by atoms with E-state index >= 15 is 0 Å². The van der Waals surface area contributed by atoms with E-state index in [4.69, 9.17) is 4.74 Å². The summed E-state index contributed by atoms with van der Waals surface area (Å²) in [6.45, 7) is 8.17. The molecule has 0 bridgehead atoms. The molecule has 0 N–H and O–H groups in total. The standard InChI is InChI=1S/C18H34O/c1-18(2,3)13-16-10-7-11-17(12-16)19-14-15-8-5-4-6-9-15/h15-17H,4-14H2,1-3H3/t16-,17+/m0/s1. The fourth-order valence-corrected chi connectivity index (χ4v) is 4.07. The highest BCUT2D eigenvalue weighted by Gasteiger charge is 2.27. The molecule has 0 aromatic heterocycles. The van der Waals surface area contributed by atoms with Gasteiger partial charge < -0.3 is 4.74 Å². The van der Waals surface area contributed by atoms with Crippen LogP contribution in [0.3, 0.4) is 0 Å². The van der Waals surface area contributed by atoms with Gasteiger partial charge in [0, 0.05) is 6.61 Å². The van der Waals surface area contributed by atoms with Gasteiger partial charge in [-0.1, -0.05) is 52.9 Å². The Labute approximate surface area is 120 Å². The van der Waals surface area contributed by atoms with Crippen LogP contribution in [0.5, 0.6) is 0 Å². The van der Waals surface area contributed by atoms with Gasteiger partial charge in [0.15, 0.2) is 0 Å². The van der Waals surface area contributed by atoms with Crippen molar-refractivity contribution in [1.82, 2.24) is 0 Å². The van der Waals surface area contributed by atoms with Gasteiger partial charge in [-0.2, -0.15) is 0 Å². The van der Waals surface area contributed by atoms with Crippen molar-refractivity contribution in [2.24, 2.45) is 17.3 Å². The monoisotopic (exact) mass is 266 g/mol. The lowest BCUT2D eigenvalue weighted by atomic mass is 9.77. The molecule has 2 aliphatic carbocycles. The minimum Gasteiger partial charge on any atom is -0.378 e. The van der Waals surface area contributed by atoms with Gasteiger partial charge in [0.2, 0.25) is 0 Å². The van der Waals surface area contributed by atoms with E-state index < -0.39 is 0 Å². The molecule has 0 aliphatic heterocycles. The first-order valence-electron chi connectivity index (χ1n) is 8.64.